The fourth-order valence-corrected chi connectivity index (χ4v) is 4.34. The number of benzene rings is 1. The minimum Gasteiger partial charge on any atom is -0.478 e. The second kappa shape index (κ2) is 8.88. The molecule has 29 heavy (non-hydrogen) atoms. The number of carbonyl (C=O) groups is 1. The largest absolute Gasteiger partial charge is 0.478 e. The van der Waals surface area contributed by atoms with Crippen LogP contribution in [0.4, 0.5) is 0 Å². The van der Waals surface area contributed by atoms with E-state index in [1.807, 2.05) is 30.3 Å². The van der Waals surface area contributed by atoms with Gasteiger partial charge in [0.1, 0.15) is 23.8 Å². The van der Waals surface area contributed by atoms with Crippen LogP contribution in [0.25, 0.3) is 0 Å². The molecule has 1 aliphatic rings. The van der Waals surface area contributed by atoms with Crippen LogP contribution in [-0.2, 0) is 22.7 Å². The van der Waals surface area contributed by atoms with Gasteiger partial charge in [0.05, 0.1) is 0 Å². The Morgan fingerprint density at radius 1 is 1.34 bits per heavy atom. The zero-order valence-corrected chi connectivity index (χ0v) is 17.5. The molecule has 0 bridgehead atoms. The SMILES string of the molecule is CC(C)(C)OC(=O)c1c(OCc2ccccc2)sc2c1C(N=C=O)[C@H](CN)NC2. The maximum Gasteiger partial charge on any atom is 0.343 e. The number of nitrogens with two attached hydrogens (primary N) is 1. The number of aliphatic imine (C=N–C) groups is 1. The summed E-state index contributed by atoms with van der Waals surface area (Å²) in [4.78, 5) is 29.0. The fraction of sp³-hybridized carbons (Fsp3) is 0.429. The van der Waals surface area contributed by atoms with E-state index >= 15 is 0 Å². The number of fused-ring (bicyclic) bond motifs is 1. The van der Waals surface area contributed by atoms with Gasteiger partial charge in [0.2, 0.25) is 6.08 Å². The number of esters is 1. The Bertz CT molecular complexity index is 914. The molecule has 3 rings (SSSR count). The highest BCUT2D eigenvalue weighted by molar-refractivity contribution is 7.14. The van der Waals surface area contributed by atoms with E-state index in [0.29, 0.717) is 29.3 Å². The van der Waals surface area contributed by atoms with E-state index in [0.717, 1.165) is 10.4 Å². The first-order valence-corrected chi connectivity index (χ1v) is 10.2. The summed E-state index contributed by atoms with van der Waals surface area (Å²) in [5.41, 5.74) is 7.12. The Morgan fingerprint density at radius 3 is 2.69 bits per heavy atom. The molecule has 0 amide bonds. The molecule has 1 aliphatic heterocycles. The van der Waals surface area contributed by atoms with E-state index in [4.69, 9.17) is 15.2 Å². The van der Waals surface area contributed by atoms with Crippen LogP contribution >= 0.6 is 11.3 Å². The van der Waals surface area contributed by atoms with Crippen LogP contribution in [0.15, 0.2) is 35.3 Å². The summed E-state index contributed by atoms with van der Waals surface area (Å²) in [6.07, 6.45) is 1.62. The fourth-order valence-electron chi connectivity index (χ4n) is 3.22. The molecular formula is C21H25N3O4S. The average molecular weight is 416 g/mol. The second-order valence-electron chi connectivity index (χ2n) is 7.77. The Kier molecular flexibility index (Phi) is 6.49. The van der Waals surface area contributed by atoms with Gasteiger partial charge in [-0.3, -0.25) is 0 Å². The van der Waals surface area contributed by atoms with Gasteiger partial charge >= 0.3 is 5.97 Å². The molecule has 0 fully saturated rings. The van der Waals surface area contributed by atoms with E-state index in [1.165, 1.54) is 11.3 Å². The van der Waals surface area contributed by atoms with Gasteiger partial charge < -0.3 is 20.5 Å². The van der Waals surface area contributed by atoms with Gasteiger partial charge in [0, 0.05) is 29.6 Å². The Labute approximate surface area is 173 Å². The van der Waals surface area contributed by atoms with Crippen molar-refractivity contribution in [1.82, 2.24) is 5.32 Å². The maximum absolute atomic E-state index is 13.1. The van der Waals surface area contributed by atoms with E-state index in [2.05, 4.69) is 10.3 Å². The molecule has 0 spiro atoms. The number of ether oxygens (including phenoxy) is 2. The van der Waals surface area contributed by atoms with Crippen LogP contribution in [0.2, 0.25) is 0 Å². The monoisotopic (exact) mass is 415 g/mol. The molecule has 1 unspecified atom stereocenters. The molecule has 2 atom stereocenters. The van der Waals surface area contributed by atoms with Gasteiger partial charge in [-0.1, -0.05) is 30.3 Å². The van der Waals surface area contributed by atoms with Crippen LogP contribution < -0.4 is 15.8 Å². The van der Waals surface area contributed by atoms with E-state index in [9.17, 15) is 9.59 Å². The van der Waals surface area contributed by atoms with Gasteiger partial charge in [0.25, 0.3) is 0 Å². The first-order valence-electron chi connectivity index (χ1n) is 9.40. The van der Waals surface area contributed by atoms with Crippen LogP contribution in [-0.4, -0.2) is 30.2 Å². The van der Waals surface area contributed by atoms with Crippen molar-refractivity contribution < 1.29 is 19.1 Å². The van der Waals surface area contributed by atoms with E-state index in [1.54, 1.807) is 26.9 Å². The Balaban J connectivity index is 2.04. The van der Waals surface area contributed by atoms with Crippen LogP contribution in [0.1, 0.15) is 53.2 Å². The van der Waals surface area contributed by atoms with Gasteiger partial charge in [-0.05, 0) is 26.3 Å². The highest BCUT2D eigenvalue weighted by Crippen LogP contribution is 2.44. The standard InChI is InChI=1S/C21H25N3O4S/c1-21(2,3)28-19(26)17-16-15(10-23-14(9-22)18(16)24-12-25)29-20(17)27-11-13-7-5-4-6-8-13/h4-8,14,18,23H,9-11,22H2,1-3H3/t14-,18?/m0/s1. The molecule has 0 aliphatic carbocycles. The normalized spacial score (nSPS) is 18.5. The predicted molar refractivity (Wildman–Crippen MR) is 111 cm³/mol. The lowest BCUT2D eigenvalue weighted by molar-refractivity contribution is 0.00642. The molecule has 0 radical (unpaired) electrons. The molecule has 1 aromatic heterocycles. The van der Waals surface area contributed by atoms with Crippen LogP contribution in [0, 0.1) is 0 Å². The Hall–Kier alpha value is -2.51. The summed E-state index contributed by atoms with van der Waals surface area (Å²) in [7, 11) is 0. The topological polar surface area (TPSA) is 103 Å². The molecule has 2 heterocycles. The molecule has 0 saturated heterocycles. The number of nitrogens with zero attached hydrogens (tertiary/aromatic N) is 1. The van der Waals surface area contributed by atoms with E-state index < -0.39 is 17.6 Å². The number of carbonyl (C=O) groups excluding carboxylic acids is 2. The van der Waals surface area contributed by atoms with Crippen molar-refractivity contribution >= 4 is 23.4 Å². The van der Waals surface area contributed by atoms with Gasteiger partial charge in [-0.15, -0.1) is 11.3 Å². The molecular weight excluding hydrogens is 390 g/mol. The lowest BCUT2D eigenvalue weighted by atomic mass is 9.92. The lowest BCUT2D eigenvalue weighted by Crippen LogP contribution is -2.43. The van der Waals surface area contributed by atoms with Crippen LogP contribution in [0.3, 0.4) is 0 Å². The summed E-state index contributed by atoms with van der Waals surface area (Å²) in [5, 5.41) is 3.72. The van der Waals surface area contributed by atoms with Crippen molar-refractivity contribution in [3.05, 3.63) is 51.9 Å². The third-order valence-corrected chi connectivity index (χ3v) is 5.57. The molecule has 7 nitrogen and oxygen atoms in total. The number of thiophene rings is 1. The molecule has 8 heteroatoms. The van der Waals surface area contributed by atoms with Crippen molar-refractivity contribution in [2.45, 2.75) is 51.6 Å². The lowest BCUT2D eigenvalue weighted by Gasteiger charge is -2.29. The summed E-state index contributed by atoms with van der Waals surface area (Å²) in [5.74, 6) is -0.498. The van der Waals surface area contributed by atoms with Crippen molar-refractivity contribution in [2.75, 3.05) is 6.54 Å². The molecule has 2 aromatic rings. The molecule has 154 valence electrons. The number of hydrogen-bond donors (Lipinski definition) is 2. The van der Waals surface area contributed by atoms with E-state index in [-0.39, 0.29) is 12.6 Å². The number of nitrogens with one attached hydrogen (secondary N) is 1. The van der Waals surface area contributed by atoms with Crippen molar-refractivity contribution in [3.8, 4) is 5.06 Å². The summed E-state index contributed by atoms with van der Waals surface area (Å²) >= 11 is 1.36. The smallest absolute Gasteiger partial charge is 0.343 e. The highest BCUT2D eigenvalue weighted by atomic mass is 32.1. The minimum atomic E-state index is -0.674. The van der Waals surface area contributed by atoms with Gasteiger partial charge in [-0.25, -0.2) is 9.59 Å². The highest BCUT2D eigenvalue weighted by Gasteiger charge is 2.38. The number of rotatable bonds is 6. The number of isocyanates is 1. The minimum absolute atomic E-state index is 0.263. The van der Waals surface area contributed by atoms with Crippen molar-refractivity contribution in [3.63, 3.8) is 0 Å². The summed E-state index contributed by atoms with van der Waals surface area (Å²) in [6, 6.07) is 8.80. The molecule has 1 aromatic carbocycles. The predicted octanol–water partition coefficient (Wildman–Crippen LogP) is 3.09. The average Bonchev–Trinajstić information content (AvgIpc) is 3.05. The second-order valence-corrected chi connectivity index (χ2v) is 8.83. The maximum atomic E-state index is 13.1. The quantitative estimate of drug-likeness (QED) is 0.427. The first-order chi connectivity index (χ1) is 13.8. The Morgan fingerprint density at radius 2 is 2.07 bits per heavy atom. The molecule has 3 N–H and O–H groups in total. The molecule has 0 saturated carbocycles. The van der Waals surface area contributed by atoms with Crippen LogP contribution in [0.5, 0.6) is 5.06 Å². The summed E-state index contributed by atoms with van der Waals surface area (Å²) < 4.78 is 11.7. The first kappa shape index (κ1) is 21.2. The van der Waals surface area contributed by atoms with Crippen molar-refractivity contribution in [1.29, 1.82) is 0 Å². The summed E-state index contributed by atoms with van der Waals surface area (Å²) in [6.45, 7) is 6.50. The van der Waals surface area contributed by atoms with Gasteiger partial charge in [-0.2, -0.15) is 4.99 Å². The van der Waals surface area contributed by atoms with Gasteiger partial charge in [0.15, 0.2) is 5.06 Å². The number of hydrogen-bond acceptors (Lipinski definition) is 8. The zero-order valence-electron chi connectivity index (χ0n) is 16.7. The third-order valence-electron chi connectivity index (χ3n) is 4.45. The van der Waals surface area contributed by atoms with Crippen molar-refractivity contribution in [2.24, 2.45) is 10.7 Å². The third kappa shape index (κ3) is 4.92. The zero-order chi connectivity index (χ0) is 21.0.